The van der Waals surface area contributed by atoms with Gasteiger partial charge in [-0.1, -0.05) is 6.08 Å². The largest absolute Gasteiger partial charge is 0.358 e. The van der Waals surface area contributed by atoms with Crippen molar-refractivity contribution in [2.45, 2.75) is 30.8 Å². The van der Waals surface area contributed by atoms with Gasteiger partial charge in [0.25, 0.3) is 0 Å². The Morgan fingerprint density at radius 3 is 3.33 bits per heavy atom. The van der Waals surface area contributed by atoms with Gasteiger partial charge in [-0.2, -0.15) is 0 Å². The number of carbonyl (C=O) groups excluding carboxylic acids is 1. The molecule has 2 unspecified atom stereocenters. The molecule has 4 aliphatic rings. The SMILES string of the molecule is O=C1[C@H]2CC3C=CC2(O3)[C@@H]2OCCCN12. The van der Waals surface area contributed by atoms with Gasteiger partial charge in [-0.3, -0.25) is 4.79 Å². The van der Waals surface area contributed by atoms with Gasteiger partial charge in [0.2, 0.25) is 5.91 Å². The molecule has 0 aromatic heterocycles. The molecule has 4 heteroatoms. The second-order valence-electron chi connectivity index (χ2n) is 4.77. The van der Waals surface area contributed by atoms with Crippen molar-refractivity contribution in [2.75, 3.05) is 13.2 Å². The summed E-state index contributed by atoms with van der Waals surface area (Å²) in [5.41, 5.74) is -0.442. The molecule has 0 radical (unpaired) electrons. The minimum absolute atomic E-state index is 0.00981. The summed E-state index contributed by atoms with van der Waals surface area (Å²) in [7, 11) is 0. The van der Waals surface area contributed by atoms with Crippen LogP contribution >= 0.6 is 0 Å². The van der Waals surface area contributed by atoms with E-state index in [9.17, 15) is 4.79 Å². The van der Waals surface area contributed by atoms with Gasteiger partial charge in [-0.25, -0.2) is 0 Å². The Hall–Kier alpha value is -0.870. The highest BCUT2D eigenvalue weighted by molar-refractivity contribution is 5.85. The molecule has 0 saturated carbocycles. The third kappa shape index (κ3) is 0.799. The Morgan fingerprint density at radius 1 is 1.53 bits per heavy atom. The van der Waals surface area contributed by atoms with Crippen molar-refractivity contribution in [3.63, 3.8) is 0 Å². The van der Waals surface area contributed by atoms with Crippen molar-refractivity contribution >= 4 is 5.91 Å². The Morgan fingerprint density at radius 2 is 2.47 bits per heavy atom. The summed E-state index contributed by atoms with van der Waals surface area (Å²) < 4.78 is 11.7. The van der Waals surface area contributed by atoms with Crippen LogP contribution in [0.25, 0.3) is 0 Å². The Kier molecular flexibility index (Phi) is 1.35. The van der Waals surface area contributed by atoms with Gasteiger partial charge in [0.15, 0.2) is 6.23 Å². The second-order valence-corrected chi connectivity index (χ2v) is 4.77. The second kappa shape index (κ2) is 2.44. The molecular weight excluding hydrogens is 194 g/mol. The fraction of sp³-hybridized carbons (Fsp3) is 0.727. The number of rotatable bonds is 0. The number of carbonyl (C=O) groups is 1. The van der Waals surface area contributed by atoms with E-state index >= 15 is 0 Å². The number of fused-ring (bicyclic) bond motifs is 2. The molecule has 0 N–H and O–H groups in total. The van der Waals surface area contributed by atoms with Crippen LogP contribution in [0, 0.1) is 5.92 Å². The first kappa shape index (κ1) is 8.30. The van der Waals surface area contributed by atoms with Gasteiger partial charge in [-0.15, -0.1) is 0 Å². The molecular formula is C11H13NO3. The maximum absolute atomic E-state index is 12.1. The molecule has 4 nitrogen and oxygen atoms in total. The van der Waals surface area contributed by atoms with Gasteiger partial charge in [0.1, 0.15) is 5.60 Å². The van der Waals surface area contributed by atoms with E-state index in [1.54, 1.807) is 0 Å². The lowest BCUT2D eigenvalue weighted by Gasteiger charge is -2.36. The monoisotopic (exact) mass is 207 g/mol. The first-order valence-electron chi connectivity index (χ1n) is 5.60. The average Bonchev–Trinajstić information content (AvgIpc) is 2.91. The van der Waals surface area contributed by atoms with Crippen LogP contribution < -0.4 is 0 Å². The molecule has 3 fully saturated rings. The Bertz CT molecular complexity index is 367. The number of hydrogen-bond donors (Lipinski definition) is 0. The van der Waals surface area contributed by atoms with Crippen molar-refractivity contribution in [3.05, 3.63) is 12.2 Å². The normalized spacial score (nSPS) is 51.1. The summed E-state index contributed by atoms with van der Waals surface area (Å²) in [5.74, 6) is 0.238. The molecule has 15 heavy (non-hydrogen) atoms. The topological polar surface area (TPSA) is 38.8 Å². The molecule has 2 bridgehead atoms. The summed E-state index contributed by atoms with van der Waals surface area (Å²) in [6.45, 7) is 1.56. The van der Waals surface area contributed by atoms with Crippen molar-refractivity contribution in [3.8, 4) is 0 Å². The van der Waals surface area contributed by atoms with Crippen LogP contribution in [0.2, 0.25) is 0 Å². The summed E-state index contributed by atoms with van der Waals surface area (Å²) in [6, 6.07) is 0. The lowest BCUT2D eigenvalue weighted by atomic mass is 9.84. The third-order valence-electron chi connectivity index (χ3n) is 4.01. The van der Waals surface area contributed by atoms with E-state index in [1.165, 1.54) is 0 Å². The summed E-state index contributed by atoms with van der Waals surface area (Å²) in [6.07, 6.45) is 5.90. The van der Waals surface area contributed by atoms with Gasteiger partial charge >= 0.3 is 0 Å². The standard InChI is InChI=1S/C11H13NO3/c13-9-8-6-7-2-3-11(8,15-7)10-12(9)4-1-5-14-10/h2-3,7-8,10H,1,4-6H2/t7?,8-,10+,11?/m1/s1. The lowest BCUT2D eigenvalue weighted by Crippen LogP contribution is -2.49. The molecule has 0 aliphatic carbocycles. The highest BCUT2D eigenvalue weighted by Crippen LogP contribution is 2.52. The molecule has 1 amide bonds. The fourth-order valence-corrected chi connectivity index (χ4v) is 3.38. The maximum atomic E-state index is 12.1. The zero-order valence-electron chi connectivity index (χ0n) is 8.39. The van der Waals surface area contributed by atoms with Crippen LogP contribution in [-0.4, -0.2) is 41.9 Å². The minimum atomic E-state index is -0.442. The summed E-state index contributed by atoms with van der Waals surface area (Å²) in [4.78, 5) is 14.0. The Balaban J connectivity index is 1.82. The molecule has 4 atom stereocenters. The van der Waals surface area contributed by atoms with E-state index in [4.69, 9.17) is 9.47 Å². The molecule has 0 aromatic rings. The van der Waals surface area contributed by atoms with Crippen molar-refractivity contribution in [1.29, 1.82) is 0 Å². The molecule has 1 spiro atoms. The molecule has 4 rings (SSSR count). The van der Waals surface area contributed by atoms with Crippen LogP contribution in [0.15, 0.2) is 12.2 Å². The van der Waals surface area contributed by atoms with Crippen LogP contribution in [0.5, 0.6) is 0 Å². The first-order chi connectivity index (χ1) is 7.31. The van der Waals surface area contributed by atoms with E-state index < -0.39 is 5.60 Å². The first-order valence-corrected chi connectivity index (χ1v) is 5.60. The van der Waals surface area contributed by atoms with Crippen LogP contribution in [0.1, 0.15) is 12.8 Å². The molecule has 4 heterocycles. The van der Waals surface area contributed by atoms with Crippen molar-refractivity contribution < 1.29 is 14.3 Å². The minimum Gasteiger partial charge on any atom is -0.358 e. The number of nitrogens with zero attached hydrogens (tertiary/aromatic N) is 1. The highest BCUT2D eigenvalue weighted by atomic mass is 16.6. The summed E-state index contributed by atoms with van der Waals surface area (Å²) >= 11 is 0. The van der Waals surface area contributed by atoms with Crippen molar-refractivity contribution in [1.82, 2.24) is 4.90 Å². The molecule has 4 aliphatic heterocycles. The molecule has 3 saturated heterocycles. The molecule has 0 aromatic carbocycles. The van der Waals surface area contributed by atoms with E-state index in [1.807, 2.05) is 4.90 Å². The smallest absolute Gasteiger partial charge is 0.231 e. The van der Waals surface area contributed by atoms with Crippen LogP contribution in [-0.2, 0) is 14.3 Å². The van der Waals surface area contributed by atoms with E-state index in [0.717, 1.165) is 26.0 Å². The predicted octanol–water partition coefficient (Wildman–Crippen LogP) is 0.289. The van der Waals surface area contributed by atoms with E-state index in [0.29, 0.717) is 0 Å². The Labute approximate surface area is 87.8 Å². The average molecular weight is 207 g/mol. The number of amides is 1. The number of ether oxygens (including phenoxy) is 2. The lowest BCUT2D eigenvalue weighted by molar-refractivity contribution is -0.165. The van der Waals surface area contributed by atoms with Crippen molar-refractivity contribution in [2.24, 2.45) is 5.92 Å². The predicted molar refractivity (Wildman–Crippen MR) is 50.9 cm³/mol. The maximum Gasteiger partial charge on any atom is 0.231 e. The molecule has 80 valence electrons. The highest BCUT2D eigenvalue weighted by Gasteiger charge is 2.66. The third-order valence-corrected chi connectivity index (χ3v) is 4.01. The summed E-state index contributed by atoms with van der Waals surface area (Å²) in [5, 5.41) is 0. The zero-order chi connectivity index (χ0) is 10.0. The quantitative estimate of drug-likeness (QED) is 0.536. The zero-order valence-corrected chi connectivity index (χ0v) is 8.39. The van der Waals surface area contributed by atoms with Gasteiger partial charge in [-0.05, 0) is 18.9 Å². The van der Waals surface area contributed by atoms with Gasteiger partial charge in [0.05, 0.1) is 18.6 Å². The van der Waals surface area contributed by atoms with Crippen LogP contribution in [0.3, 0.4) is 0 Å². The number of hydrogen-bond acceptors (Lipinski definition) is 3. The van der Waals surface area contributed by atoms with Crippen LogP contribution in [0.4, 0.5) is 0 Å². The fourth-order valence-electron chi connectivity index (χ4n) is 3.38. The van der Waals surface area contributed by atoms with Gasteiger partial charge < -0.3 is 14.4 Å². The van der Waals surface area contributed by atoms with E-state index in [2.05, 4.69) is 12.2 Å². The van der Waals surface area contributed by atoms with E-state index in [-0.39, 0.29) is 24.2 Å². The van der Waals surface area contributed by atoms with Gasteiger partial charge in [0, 0.05) is 6.54 Å².